The fourth-order valence-electron chi connectivity index (χ4n) is 1.32. The number of aldehydes is 1. The molecule has 0 aliphatic heterocycles. The van der Waals surface area contributed by atoms with Crippen LogP contribution in [0.1, 0.15) is 15.9 Å². The van der Waals surface area contributed by atoms with Crippen LogP contribution in [-0.4, -0.2) is 6.29 Å². The predicted octanol–water partition coefficient (Wildman–Crippen LogP) is 3.26. The number of alkyl halides is 3. The highest BCUT2D eigenvalue weighted by molar-refractivity contribution is 5.96. The number of hydrogen-bond donors (Lipinski definition) is 0. The quantitative estimate of drug-likeness (QED) is 0.682. The number of hydrogen-bond acceptors (Lipinski definition) is 2. The van der Waals surface area contributed by atoms with Crippen molar-refractivity contribution in [2.45, 2.75) is 6.18 Å². The largest absolute Gasteiger partial charge is 0.464 e. The van der Waals surface area contributed by atoms with Gasteiger partial charge in [-0.3, -0.25) is 4.79 Å². The summed E-state index contributed by atoms with van der Waals surface area (Å²) in [5, 5.41) is 0.180. The Bertz CT molecular complexity index is 511. The van der Waals surface area contributed by atoms with Crippen LogP contribution < -0.4 is 0 Å². The maximum absolute atomic E-state index is 12.3. The Kier molecular flexibility index (Phi) is 2.03. The number of carbonyl (C=O) groups excluding carboxylic acids is 1. The molecule has 0 saturated heterocycles. The predicted molar refractivity (Wildman–Crippen MR) is 46.6 cm³/mol. The Morgan fingerprint density at radius 1 is 1.27 bits per heavy atom. The van der Waals surface area contributed by atoms with E-state index in [0.29, 0.717) is 6.29 Å². The lowest BCUT2D eigenvalue weighted by molar-refractivity contribution is -0.137. The Morgan fingerprint density at radius 3 is 2.60 bits per heavy atom. The van der Waals surface area contributed by atoms with Gasteiger partial charge in [-0.25, -0.2) is 0 Å². The van der Waals surface area contributed by atoms with Gasteiger partial charge in [0, 0.05) is 5.39 Å². The van der Waals surface area contributed by atoms with Crippen LogP contribution in [0.3, 0.4) is 0 Å². The lowest BCUT2D eigenvalue weighted by Gasteiger charge is -2.05. The van der Waals surface area contributed by atoms with Crippen LogP contribution in [0, 0.1) is 0 Å². The van der Waals surface area contributed by atoms with E-state index in [4.69, 9.17) is 4.42 Å². The molecule has 0 amide bonds. The fraction of sp³-hybridized carbons (Fsp3) is 0.100. The van der Waals surface area contributed by atoms with E-state index in [9.17, 15) is 18.0 Å². The van der Waals surface area contributed by atoms with Crippen molar-refractivity contribution in [1.82, 2.24) is 0 Å². The maximum Gasteiger partial charge on any atom is 0.416 e. The van der Waals surface area contributed by atoms with E-state index in [1.807, 2.05) is 0 Å². The highest BCUT2D eigenvalue weighted by Crippen LogP contribution is 2.32. The van der Waals surface area contributed by atoms with Crippen LogP contribution in [0.4, 0.5) is 13.2 Å². The minimum absolute atomic E-state index is 0.121. The molecule has 2 rings (SSSR count). The van der Waals surface area contributed by atoms with Gasteiger partial charge in [-0.15, -0.1) is 0 Å². The molecule has 1 aromatic carbocycles. The second-order valence-corrected chi connectivity index (χ2v) is 3.02. The topological polar surface area (TPSA) is 30.2 Å². The zero-order chi connectivity index (χ0) is 11.1. The van der Waals surface area contributed by atoms with Gasteiger partial charge >= 0.3 is 6.18 Å². The second-order valence-electron chi connectivity index (χ2n) is 3.02. The first kappa shape index (κ1) is 9.76. The van der Waals surface area contributed by atoms with Gasteiger partial charge < -0.3 is 4.42 Å². The molecule has 5 heteroatoms. The van der Waals surface area contributed by atoms with Gasteiger partial charge in [-0.1, -0.05) is 0 Å². The number of fused-ring (bicyclic) bond motifs is 1. The molecule has 2 nitrogen and oxygen atoms in total. The Hall–Kier alpha value is -1.78. The van der Waals surface area contributed by atoms with Crippen molar-refractivity contribution >= 4 is 17.3 Å². The third-order valence-corrected chi connectivity index (χ3v) is 2.06. The smallest absolute Gasteiger partial charge is 0.416 e. The molecule has 78 valence electrons. The van der Waals surface area contributed by atoms with Gasteiger partial charge in [-0.05, 0) is 18.2 Å². The molecule has 2 aromatic rings. The van der Waals surface area contributed by atoms with Crippen LogP contribution in [0.5, 0.6) is 0 Å². The first-order valence-electron chi connectivity index (χ1n) is 4.06. The van der Waals surface area contributed by atoms with Crippen LogP contribution in [0.2, 0.25) is 0 Å². The average Bonchev–Trinajstić information content (AvgIpc) is 2.57. The lowest BCUT2D eigenvalue weighted by Crippen LogP contribution is -2.04. The molecule has 0 aliphatic rings. The van der Waals surface area contributed by atoms with Gasteiger partial charge in [0.1, 0.15) is 11.8 Å². The highest BCUT2D eigenvalue weighted by atomic mass is 19.4. The number of carbonyl (C=O) groups is 1. The molecule has 0 bridgehead atoms. The minimum atomic E-state index is -4.41. The van der Waals surface area contributed by atoms with Crippen LogP contribution in [-0.2, 0) is 6.18 Å². The molecule has 15 heavy (non-hydrogen) atoms. The molecule has 0 fully saturated rings. The first-order valence-corrected chi connectivity index (χ1v) is 4.06. The number of rotatable bonds is 1. The van der Waals surface area contributed by atoms with Gasteiger partial charge in [0.05, 0.1) is 11.1 Å². The normalized spacial score (nSPS) is 11.9. The van der Waals surface area contributed by atoms with Crippen molar-refractivity contribution in [2.24, 2.45) is 0 Å². The monoisotopic (exact) mass is 214 g/mol. The summed E-state index contributed by atoms with van der Waals surface area (Å²) in [5.74, 6) is 0. The molecular formula is C10H5F3O2. The summed E-state index contributed by atoms with van der Waals surface area (Å²) in [5.41, 5.74) is -0.402. The standard InChI is InChI=1S/C10H5F3O2/c11-10(12,13)7-1-2-9-8(3-7)6(4-14)5-15-9/h1-5H. The second kappa shape index (κ2) is 3.12. The van der Waals surface area contributed by atoms with Crippen molar-refractivity contribution in [2.75, 3.05) is 0 Å². The van der Waals surface area contributed by atoms with E-state index in [2.05, 4.69) is 0 Å². The maximum atomic E-state index is 12.3. The number of halogens is 3. The summed E-state index contributed by atoms with van der Waals surface area (Å²) >= 11 is 0. The van der Waals surface area contributed by atoms with E-state index in [1.54, 1.807) is 0 Å². The van der Waals surface area contributed by atoms with Crippen molar-refractivity contribution in [3.63, 3.8) is 0 Å². The van der Waals surface area contributed by atoms with E-state index >= 15 is 0 Å². The fourth-order valence-corrected chi connectivity index (χ4v) is 1.32. The van der Waals surface area contributed by atoms with Crippen molar-refractivity contribution in [1.29, 1.82) is 0 Å². The Balaban J connectivity index is 2.68. The van der Waals surface area contributed by atoms with Crippen molar-refractivity contribution in [3.8, 4) is 0 Å². The number of benzene rings is 1. The molecule has 1 heterocycles. The molecule has 0 unspecified atom stereocenters. The third kappa shape index (κ3) is 1.60. The van der Waals surface area contributed by atoms with E-state index in [-0.39, 0.29) is 16.5 Å². The zero-order valence-electron chi connectivity index (χ0n) is 7.34. The van der Waals surface area contributed by atoms with Gasteiger partial charge in [0.2, 0.25) is 0 Å². The van der Waals surface area contributed by atoms with Gasteiger partial charge in [0.15, 0.2) is 6.29 Å². The summed E-state index contributed by atoms with van der Waals surface area (Å²) in [4.78, 5) is 10.5. The summed E-state index contributed by atoms with van der Waals surface area (Å²) in [7, 11) is 0. The first-order chi connectivity index (χ1) is 7.02. The summed E-state index contributed by atoms with van der Waals surface area (Å²) in [6.45, 7) is 0. The Labute approximate surface area is 82.3 Å². The average molecular weight is 214 g/mol. The SMILES string of the molecule is O=Cc1coc2ccc(C(F)(F)F)cc12. The van der Waals surface area contributed by atoms with Gasteiger partial charge in [-0.2, -0.15) is 13.2 Å². The van der Waals surface area contributed by atoms with E-state index in [0.717, 1.165) is 18.4 Å². The van der Waals surface area contributed by atoms with Gasteiger partial charge in [0.25, 0.3) is 0 Å². The van der Waals surface area contributed by atoms with E-state index < -0.39 is 11.7 Å². The lowest BCUT2D eigenvalue weighted by atomic mass is 10.1. The van der Waals surface area contributed by atoms with Crippen LogP contribution in [0.15, 0.2) is 28.9 Å². The molecule has 1 aromatic heterocycles. The summed E-state index contributed by atoms with van der Waals surface area (Å²) in [6.07, 6.45) is -2.81. The van der Waals surface area contributed by atoms with Crippen LogP contribution >= 0.6 is 0 Å². The molecule has 0 radical (unpaired) electrons. The number of furan rings is 1. The highest BCUT2D eigenvalue weighted by Gasteiger charge is 2.30. The molecular weight excluding hydrogens is 209 g/mol. The molecule has 0 spiro atoms. The third-order valence-electron chi connectivity index (χ3n) is 2.06. The summed E-state index contributed by atoms with van der Waals surface area (Å²) in [6, 6.07) is 3.02. The van der Waals surface area contributed by atoms with Crippen LogP contribution in [0.25, 0.3) is 11.0 Å². The van der Waals surface area contributed by atoms with E-state index in [1.165, 1.54) is 6.07 Å². The minimum Gasteiger partial charge on any atom is -0.464 e. The molecule has 0 saturated carbocycles. The zero-order valence-corrected chi connectivity index (χ0v) is 7.34. The Morgan fingerprint density at radius 2 is 2.00 bits per heavy atom. The molecule has 0 N–H and O–H groups in total. The van der Waals surface area contributed by atoms with Crippen molar-refractivity contribution < 1.29 is 22.4 Å². The molecule has 0 aliphatic carbocycles. The summed E-state index contributed by atoms with van der Waals surface area (Å²) < 4.78 is 41.9. The van der Waals surface area contributed by atoms with Crippen molar-refractivity contribution in [3.05, 3.63) is 35.6 Å². The molecule has 0 atom stereocenters.